The van der Waals surface area contributed by atoms with Gasteiger partial charge in [-0.05, 0) is 35.2 Å². The number of aromatic nitrogens is 2. The minimum absolute atomic E-state index is 0.0421. The Kier molecular flexibility index (Phi) is 6.17. The number of rotatable bonds is 5. The van der Waals surface area contributed by atoms with Gasteiger partial charge in [-0.2, -0.15) is 0 Å². The van der Waals surface area contributed by atoms with Crippen molar-refractivity contribution in [1.29, 1.82) is 0 Å². The van der Waals surface area contributed by atoms with Gasteiger partial charge in [0.15, 0.2) is 5.82 Å². The highest BCUT2D eigenvalue weighted by Gasteiger charge is 2.24. The lowest BCUT2D eigenvalue weighted by Gasteiger charge is -2.19. The lowest BCUT2D eigenvalue weighted by atomic mass is 9.87. The van der Waals surface area contributed by atoms with E-state index in [1.807, 2.05) is 42.5 Å². The third kappa shape index (κ3) is 4.76. The molecule has 1 aromatic heterocycles. The fraction of sp³-hybridized carbons (Fsp3) is 0.154. The molecular formula is C26H24N2O2S2. The highest BCUT2D eigenvalue weighted by Crippen LogP contribution is 2.36. The molecule has 0 atom stereocenters. The van der Waals surface area contributed by atoms with E-state index in [1.54, 1.807) is 30.3 Å². The van der Waals surface area contributed by atoms with Gasteiger partial charge in [0, 0.05) is 10.5 Å². The molecule has 0 aliphatic heterocycles. The molecule has 0 unspecified atom stereocenters. The van der Waals surface area contributed by atoms with E-state index in [0.717, 1.165) is 10.5 Å². The normalized spacial score (nSPS) is 12.0. The Morgan fingerprint density at radius 1 is 0.781 bits per heavy atom. The second-order valence-corrected chi connectivity index (χ2v) is 11.4. The first-order valence-corrected chi connectivity index (χ1v) is 12.6. The molecule has 4 nitrogen and oxygen atoms in total. The molecule has 162 valence electrons. The Hall–Kier alpha value is -2.96. The van der Waals surface area contributed by atoms with Crippen molar-refractivity contribution in [3.8, 4) is 11.4 Å². The van der Waals surface area contributed by atoms with E-state index in [9.17, 15) is 8.42 Å². The van der Waals surface area contributed by atoms with E-state index in [4.69, 9.17) is 0 Å². The molecule has 0 N–H and O–H groups in total. The van der Waals surface area contributed by atoms with Crippen molar-refractivity contribution < 1.29 is 8.42 Å². The van der Waals surface area contributed by atoms with Crippen LogP contribution in [0.1, 0.15) is 26.3 Å². The maximum absolute atomic E-state index is 13.4. The molecule has 4 rings (SSSR count). The van der Waals surface area contributed by atoms with Crippen LogP contribution in [0.25, 0.3) is 11.4 Å². The first-order chi connectivity index (χ1) is 15.2. The second kappa shape index (κ2) is 8.88. The molecule has 3 aromatic carbocycles. The van der Waals surface area contributed by atoms with Crippen molar-refractivity contribution >= 4 is 21.6 Å². The number of sulfone groups is 1. The third-order valence-corrected chi connectivity index (χ3v) is 7.94. The molecule has 0 saturated heterocycles. The SMILES string of the molecule is CC(C)(C)c1ccc(Sc2nc(-c3ccccc3)ncc2S(=O)(=O)c2ccccc2)cc1. The molecule has 1 heterocycles. The van der Waals surface area contributed by atoms with Crippen molar-refractivity contribution in [3.05, 3.63) is 96.7 Å². The van der Waals surface area contributed by atoms with E-state index < -0.39 is 9.84 Å². The van der Waals surface area contributed by atoms with Crippen LogP contribution >= 0.6 is 11.8 Å². The topological polar surface area (TPSA) is 59.9 Å². The largest absolute Gasteiger partial charge is 0.235 e. The molecule has 0 fully saturated rings. The number of nitrogens with zero attached hydrogens (tertiary/aromatic N) is 2. The van der Waals surface area contributed by atoms with Gasteiger partial charge in [-0.25, -0.2) is 18.4 Å². The summed E-state index contributed by atoms with van der Waals surface area (Å²) in [7, 11) is -3.77. The van der Waals surface area contributed by atoms with Crippen LogP contribution in [0.15, 0.2) is 111 Å². The van der Waals surface area contributed by atoms with Crippen LogP contribution in [0.3, 0.4) is 0 Å². The number of hydrogen-bond acceptors (Lipinski definition) is 5. The summed E-state index contributed by atoms with van der Waals surface area (Å²) in [6.45, 7) is 6.49. The molecule has 0 bridgehead atoms. The average molecular weight is 461 g/mol. The highest BCUT2D eigenvalue weighted by molar-refractivity contribution is 8.00. The molecular weight excluding hydrogens is 436 g/mol. The summed E-state index contributed by atoms with van der Waals surface area (Å²) in [6, 6.07) is 26.1. The van der Waals surface area contributed by atoms with Crippen LogP contribution in [-0.2, 0) is 15.3 Å². The smallest absolute Gasteiger partial charge is 0.210 e. The summed E-state index contributed by atoms with van der Waals surface area (Å²) >= 11 is 1.33. The Morgan fingerprint density at radius 3 is 1.97 bits per heavy atom. The van der Waals surface area contributed by atoms with Gasteiger partial charge in [0.25, 0.3) is 0 Å². The monoisotopic (exact) mass is 460 g/mol. The summed E-state index contributed by atoms with van der Waals surface area (Å²) in [6.07, 6.45) is 1.42. The van der Waals surface area contributed by atoms with Gasteiger partial charge >= 0.3 is 0 Å². The van der Waals surface area contributed by atoms with Crippen LogP contribution in [0.4, 0.5) is 0 Å². The van der Waals surface area contributed by atoms with E-state index in [1.165, 1.54) is 23.5 Å². The maximum Gasteiger partial charge on any atom is 0.210 e. The molecule has 0 radical (unpaired) electrons. The summed E-state index contributed by atoms with van der Waals surface area (Å²) in [5, 5.41) is 0.409. The summed E-state index contributed by atoms with van der Waals surface area (Å²) < 4.78 is 26.8. The molecule has 0 aliphatic rings. The van der Waals surface area contributed by atoms with E-state index in [0.29, 0.717) is 10.9 Å². The fourth-order valence-corrected chi connectivity index (χ4v) is 5.67. The van der Waals surface area contributed by atoms with Gasteiger partial charge in [0.1, 0.15) is 9.92 Å². The first kappa shape index (κ1) is 22.2. The molecule has 4 aromatic rings. The van der Waals surface area contributed by atoms with Gasteiger partial charge < -0.3 is 0 Å². The zero-order chi connectivity index (χ0) is 22.8. The Labute approximate surface area is 193 Å². The lowest BCUT2D eigenvalue weighted by Crippen LogP contribution is -2.10. The number of hydrogen-bond donors (Lipinski definition) is 0. The van der Waals surface area contributed by atoms with Crippen LogP contribution < -0.4 is 0 Å². The van der Waals surface area contributed by atoms with Crippen LogP contribution in [-0.4, -0.2) is 18.4 Å². The maximum atomic E-state index is 13.4. The Morgan fingerprint density at radius 2 is 1.38 bits per heavy atom. The standard InChI is InChI=1S/C26H24N2O2S2/c1-26(2,3)20-14-16-21(17-15-20)31-25-23(32(29,30)22-12-8-5-9-13-22)18-27-24(28-25)19-10-6-4-7-11-19/h4-18H,1-3H3. The van der Waals surface area contributed by atoms with Crippen molar-refractivity contribution in [2.45, 2.75) is 45.9 Å². The second-order valence-electron chi connectivity index (χ2n) is 8.42. The van der Waals surface area contributed by atoms with E-state index in [-0.39, 0.29) is 15.2 Å². The van der Waals surface area contributed by atoms with Gasteiger partial charge in [-0.15, -0.1) is 0 Å². The summed E-state index contributed by atoms with van der Waals surface area (Å²) in [5.41, 5.74) is 2.09. The minimum Gasteiger partial charge on any atom is -0.235 e. The molecule has 0 saturated carbocycles. The van der Waals surface area contributed by atoms with E-state index in [2.05, 4.69) is 42.9 Å². The predicted octanol–water partition coefficient (Wildman–Crippen LogP) is 6.43. The molecule has 0 amide bonds. The average Bonchev–Trinajstić information content (AvgIpc) is 2.80. The fourth-order valence-electron chi connectivity index (χ4n) is 3.20. The molecule has 6 heteroatoms. The third-order valence-electron chi connectivity index (χ3n) is 5.03. The predicted molar refractivity (Wildman–Crippen MR) is 129 cm³/mol. The highest BCUT2D eigenvalue weighted by atomic mass is 32.2. The zero-order valence-electron chi connectivity index (χ0n) is 18.2. The quantitative estimate of drug-likeness (QED) is 0.321. The van der Waals surface area contributed by atoms with Crippen molar-refractivity contribution in [1.82, 2.24) is 9.97 Å². The van der Waals surface area contributed by atoms with Crippen LogP contribution in [0.5, 0.6) is 0 Å². The van der Waals surface area contributed by atoms with Crippen molar-refractivity contribution in [2.24, 2.45) is 0 Å². The van der Waals surface area contributed by atoms with E-state index >= 15 is 0 Å². The van der Waals surface area contributed by atoms with Crippen molar-refractivity contribution in [3.63, 3.8) is 0 Å². The van der Waals surface area contributed by atoms with Gasteiger partial charge in [0.2, 0.25) is 9.84 Å². The van der Waals surface area contributed by atoms with Crippen LogP contribution in [0, 0.1) is 0 Å². The van der Waals surface area contributed by atoms with Crippen LogP contribution in [0.2, 0.25) is 0 Å². The summed E-state index contributed by atoms with van der Waals surface area (Å²) in [4.78, 5) is 10.3. The first-order valence-electron chi connectivity index (χ1n) is 10.3. The molecule has 32 heavy (non-hydrogen) atoms. The minimum atomic E-state index is -3.77. The van der Waals surface area contributed by atoms with Crippen molar-refractivity contribution in [2.75, 3.05) is 0 Å². The van der Waals surface area contributed by atoms with Gasteiger partial charge in [0.05, 0.1) is 11.1 Å². The van der Waals surface area contributed by atoms with Gasteiger partial charge in [-0.3, -0.25) is 0 Å². The number of benzene rings is 3. The Bertz CT molecular complexity index is 1310. The molecule has 0 spiro atoms. The molecule has 0 aliphatic carbocycles. The van der Waals surface area contributed by atoms with Gasteiger partial charge in [-0.1, -0.05) is 93.2 Å². The Balaban J connectivity index is 1.80. The summed E-state index contributed by atoms with van der Waals surface area (Å²) in [5.74, 6) is 0.492. The zero-order valence-corrected chi connectivity index (χ0v) is 19.8. The lowest BCUT2D eigenvalue weighted by molar-refractivity contribution is 0.589.